The molecule has 0 spiro atoms. The predicted molar refractivity (Wildman–Crippen MR) is 221 cm³/mol. The number of fused-ring (bicyclic) bond motifs is 6. The molecule has 0 saturated heterocycles. The van der Waals surface area contributed by atoms with E-state index in [1.807, 2.05) is 0 Å². The molecule has 2 nitrogen and oxygen atoms in total. The van der Waals surface area contributed by atoms with Crippen molar-refractivity contribution in [3.05, 3.63) is 206 Å². The zero-order valence-electron chi connectivity index (χ0n) is 28.5. The van der Waals surface area contributed by atoms with Crippen LogP contribution in [0.1, 0.15) is 0 Å². The van der Waals surface area contributed by atoms with Crippen LogP contribution in [0.2, 0.25) is 0 Å². The third kappa shape index (κ3) is 4.96. The molecular formula is C50H34N2. The van der Waals surface area contributed by atoms with Gasteiger partial charge in [0, 0.05) is 33.3 Å². The number of para-hydroxylation sites is 4. The van der Waals surface area contributed by atoms with E-state index < -0.39 is 0 Å². The molecule has 10 aromatic rings. The highest BCUT2D eigenvalue weighted by Gasteiger charge is 2.20. The molecule has 0 saturated carbocycles. The lowest BCUT2D eigenvalue weighted by molar-refractivity contribution is 1.18. The maximum absolute atomic E-state index is 2.43. The molecule has 0 amide bonds. The van der Waals surface area contributed by atoms with Crippen LogP contribution in [0.5, 0.6) is 0 Å². The van der Waals surface area contributed by atoms with Gasteiger partial charge in [-0.25, -0.2) is 0 Å². The maximum Gasteiger partial charge on any atom is 0.0541 e. The Morgan fingerprint density at radius 2 is 0.885 bits per heavy atom. The lowest BCUT2D eigenvalue weighted by Gasteiger charge is -2.29. The standard InChI is InChI=1S/C50H34N2/c1-2-15-35(16-3-1)42-21-6-10-25-47(42)51(40-32-31-37-30-29-36-17-4-5-20-41(36)46(37)34-40)39-19-14-18-38(33-39)43-22-7-11-26-48(43)52-49-27-12-8-23-44(49)45-24-9-13-28-50(45)52/h1-34H. The van der Waals surface area contributed by atoms with E-state index in [0.717, 1.165) is 28.3 Å². The van der Waals surface area contributed by atoms with E-state index in [1.54, 1.807) is 0 Å². The van der Waals surface area contributed by atoms with Crippen LogP contribution >= 0.6 is 0 Å². The van der Waals surface area contributed by atoms with Crippen LogP contribution in [0.15, 0.2) is 206 Å². The van der Waals surface area contributed by atoms with Crippen molar-refractivity contribution in [3.8, 4) is 27.9 Å². The molecular weight excluding hydrogens is 629 g/mol. The Hall–Kier alpha value is -6.90. The molecule has 0 aliphatic rings. The highest BCUT2D eigenvalue weighted by Crippen LogP contribution is 2.44. The van der Waals surface area contributed by atoms with E-state index in [9.17, 15) is 0 Å². The summed E-state index contributed by atoms with van der Waals surface area (Å²) in [5.41, 5.74) is 11.6. The molecule has 0 bridgehead atoms. The lowest BCUT2D eigenvalue weighted by Crippen LogP contribution is -2.11. The number of benzene rings is 9. The largest absolute Gasteiger partial charge is 0.310 e. The smallest absolute Gasteiger partial charge is 0.0541 e. The van der Waals surface area contributed by atoms with Crippen molar-refractivity contribution < 1.29 is 0 Å². The molecule has 0 aliphatic carbocycles. The second-order valence-electron chi connectivity index (χ2n) is 13.3. The number of hydrogen-bond donors (Lipinski definition) is 0. The van der Waals surface area contributed by atoms with Crippen molar-refractivity contribution in [1.29, 1.82) is 0 Å². The molecule has 0 unspecified atom stereocenters. The molecule has 1 heterocycles. The van der Waals surface area contributed by atoms with Gasteiger partial charge in [-0.1, -0.05) is 158 Å². The monoisotopic (exact) mass is 662 g/mol. The summed E-state index contributed by atoms with van der Waals surface area (Å²) in [6, 6.07) is 74.7. The van der Waals surface area contributed by atoms with Crippen LogP contribution < -0.4 is 4.90 Å². The first kappa shape index (κ1) is 30.0. The van der Waals surface area contributed by atoms with Gasteiger partial charge in [-0.05, 0) is 81.2 Å². The van der Waals surface area contributed by atoms with E-state index in [1.165, 1.54) is 60.0 Å². The third-order valence-corrected chi connectivity index (χ3v) is 10.4. The first-order chi connectivity index (χ1) is 25.8. The predicted octanol–water partition coefficient (Wildman–Crippen LogP) is 13.9. The quantitative estimate of drug-likeness (QED) is 0.161. The lowest BCUT2D eigenvalue weighted by atomic mass is 9.98. The minimum atomic E-state index is 1.09. The second-order valence-corrected chi connectivity index (χ2v) is 13.3. The summed E-state index contributed by atoms with van der Waals surface area (Å²) in [6.45, 7) is 0. The Kier molecular flexibility index (Phi) is 7.18. The molecule has 0 fully saturated rings. The van der Waals surface area contributed by atoms with Crippen molar-refractivity contribution in [1.82, 2.24) is 4.57 Å². The summed E-state index contributed by atoms with van der Waals surface area (Å²) in [4.78, 5) is 2.43. The van der Waals surface area contributed by atoms with Gasteiger partial charge >= 0.3 is 0 Å². The molecule has 2 heteroatoms. The SMILES string of the molecule is c1ccc(-c2ccccc2N(c2cccc(-c3ccccc3-n3c4ccccc4c4ccccc43)c2)c2ccc3ccc4ccccc4c3c2)cc1. The Bertz CT molecular complexity index is 2860. The van der Waals surface area contributed by atoms with Gasteiger partial charge in [0.2, 0.25) is 0 Å². The first-order valence-electron chi connectivity index (χ1n) is 17.9. The van der Waals surface area contributed by atoms with Crippen LogP contribution in [0, 0.1) is 0 Å². The summed E-state index contributed by atoms with van der Waals surface area (Å²) in [5.74, 6) is 0. The van der Waals surface area contributed by atoms with Crippen molar-refractivity contribution in [2.75, 3.05) is 4.90 Å². The molecule has 244 valence electrons. The number of nitrogens with zero attached hydrogens (tertiary/aromatic N) is 2. The van der Waals surface area contributed by atoms with E-state index in [-0.39, 0.29) is 0 Å². The van der Waals surface area contributed by atoms with Crippen LogP contribution in [-0.2, 0) is 0 Å². The highest BCUT2D eigenvalue weighted by molar-refractivity contribution is 6.10. The van der Waals surface area contributed by atoms with Gasteiger partial charge in [-0.3, -0.25) is 0 Å². The highest BCUT2D eigenvalue weighted by atomic mass is 15.1. The first-order valence-corrected chi connectivity index (χ1v) is 17.9. The average Bonchev–Trinajstić information content (AvgIpc) is 3.56. The summed E-state index contributed by atoms with van der Waals surface area (Å²) in [6.07, 6.45) is 0. The number of rotatable bonds is 6. The van der Waals surface area contributed by atoms with Crippen LogP contribution in [0.3, 0.4) is 0 Å². The van der Waals surface area contributed by atoms with Gasteiger partial charge in [0.15, 0.2) is 0 Å². The van der Waals surface area contributed by atoms with E-state index in [0.29, 0.717) is 0 Å². The van der Waals surface area contributed by atoms with Gasteiger partial charge in [0.05, 0.1) is 22.4 Å². The van der Waals surface area contributed by atoms with Crippen molar-refractivity contribution in [2.24, 2.45) is 0 Å². The summed E-state index contributed by atoms with van der Waals surface area (Å²) in [7, 11) is 0. The van der Waals surface area contributed by atoms with Crippen molar-refractivity contribution >= 4 is 60.4 Å². The van der Waals surface area contributed by atoms with Gasteiger partial charge < -0.3 is 9.47 Å². The van der Waals surface area contributed by atoms with Crippen molar-refractivity contribution in [3.63, 3.8) is 0 Å². The average molecular weight is 663 g/mol. The van der Waals surface area contributed by atoms with Crippen LogP contribution in [-0.4, -0.2) is 4.57 Å². The normalized spacial score (nSPS) is 11.5. The Labute approximate surface area is 303 Å². The number of hydrogen-bond acceptors (Lipinski definition) is 1. The maximum atomic E-state index is 2.43. The zero-order chi connectivity index (χ0) is 34.4. The van der Waals surface area contributed by atoms with E-state index >= 15 is 0 Å². The topological polar surface area (TPSA) is 8.17 Å². The fourth-order valence-electron chi connectivity index (χ4n) is 7.99. The summed E-state index contributed by atoms with van der Waals surface area (Å²) < 4.78 is 2.42. The molecule has 0 radical (unpaired) electrons. The molecule has 10 rings (SSSR count). The van der Waals surface area contributed by atoms with Crippen LogP contribution in [0.4, 0.5) is 17.1 Å². The molecule has 0 atom stereocenters. The van der Waals surface area contributed by atoms with Crippen molar-refractivity contribution in [2.45, 2.75) is 0 Å². The zero-order valence-corrected chi connectivity index (χ0v) is 28.5. The molecule has 1 aromatic heterocycles. The van der Waals surface area contributed by atoms with Crippen LogP contribution in [0.25, 0.3) is 71.3 Å². The minimum Gasteiger partial charge on any atom is -0.310 e. The van der Waals surface area contributed by atoms with E-state index in [4.69, 9.17) is 0 Å². The van der Waals surface area contributed by atoms with Gasteiger partial charge in [-0.2, -0.15) is 0 Å². The Morgan fingerprint density at radius 3 is 1.67 bits per heavy atom. The molecule has 0 N–H and O–H groups in total. The van der Waals surface area contributed by atoms with Gasteiger partial charge in [-0.15, -0.1) is 0 Å². The molecule has 52 heavy (non-hydrogen) atoms. The number of aromatic nitrogens is 1. The summed E-state index contributed by atoms with van der Waals surface area (Å²) >= 11 is 0. The summed E-state index contributed by atoms with van der Waals surface area (Å²) in [5, 5.41) is 7.49. The van der Waals surface area contributed by atoms with E-state index in [2.05, 4.69) is 216 Å². The Balaban J connectivity index is 1.20. The molecule has 9 aromatic carbocycles. The fraction of sp³-hybridized carbons (Fsp3) is 0. The number of anilines is 3. The second kappa shape index (κ2) is 12.5. The third-order valence-electron chi connectivity index (χ3n) is 10.4. The van der Waals surface area contributed by atoms with Gasteiger partial charge in [0.1, 0.15) is 0 Å². The fourth-order valence-corrected chi connectivity index (χ4v) is 7.99. The van der Waals surface area contributed by atoms with Gasteiger partial charge in [0.25, 0.3) is 0 Å². The molecule has 0 aliphatic heterocycles. The minimum absolute atomic E-state index is 1.09. The Morgan fingerprint density at radius 1 is 0.327 bits per heavy atom.